The van der Waals surface area contributed by atoms with E-state index in [1.807, 2.05) is 18.2 Å². The molecular weight excluding hydrogens is 354 g/mol. The monoisotopic (exact) mass is 371 g/mol. The molecule has 1 aliphatic rings. The average molecular weight is 371 g/mol. The summed E-state index contributed by atoms with van der Waals surface area (Å²) in [5, 5.41) is 20.6. The summed E-state index contributed by atoms with van der Waals surface area (Å²) in [4.78, 5) is 24.3. The van der Waals surface area contributed by atoms with Gasteiger partial charge in [-0.25, -0.2) is 19.7 Å². The lowest BCUT2D eigenvalue weighted by atomic mass is 10.1. The van der Waals surface area contributed by atoms with Crippen molar-refractivity contribution in [1.29, 1.82) is 0 Å². The van der Waals surface area contributed by atoms with Crippen LogP contribution in [0.5, 0.6) is 0 Å². The van der Waals surface area contributed by atoms with E-state index in [-0.39, 0.29) is 12.4 Å². The van der Waals surface area contributed by atoms with Gasteiger partial charge in [-0.15, -0.1) is 0 Å². The molecule has 0 saturated carbocycles. The molecule has 140 valence electrons. The van der Waals surface area contributed by atoms with Gasteiger partial charge in [-0.2, -0.15) is 0 Å². The van der Waals surface area contributed by atoms with Gasteiger partial charge in [0.1, 0.15) is 30.7 Å². The van der Waals surface area contributed by atoms with Gasteiger partial charge in [-0.1, -0.05) is 30.3 Å². The lowest BCUT2D eigenvalue weighted by molar-refractivity contribution is -0.163. The van der Waals surface area contributed by atoms with Crippen molar-refractivity contribution in [3.05, 3.63) is 48.5 Å². The Morgan fingerprint density at radius 3 is 2.74 bits per heavy atom. The minimum Gasteiger partial charge on any atom is -0.459 e. The normalized spacial score (nSPS) is 25.0. The summed E-state index contributed by atoms with van der Waals surface area (Å²) in [5.41, 5.74) is 7.19. The summed E-state index contributed by atoms with van der Waals surface area (Å²) in [6.45, 7) is 0.0325. The third-order valence-electron chi connectivity index (χ3n) is 4.36. The maximum Gasteiger partial charge on any atom is 0.338 e. The van der Waals surface area contributed by atoms with Crippen LogP contribution in [0.2, 0.25) is 0 Å². The van der Waals surface area contributed by atoms with E-state index < -0.39 is 30.5 Å². The molecule has 3 heterocycles. The fourth-order valence-corrected chi connectivity index (χ4v) is 2.95. The Bertz CT molecular complexity index is 963. The van der Waals surface area contributed by atoms with E-state index in [9.17, 15) is 15.0 Å². The Morgan fingerprint density at radius 2 is 1.96 bits per heavy atom. The summed E-state index contributed by atoms with van der Waals surface area (Å²) in [6.07, 6.45) is -2.66. The van der Waals surface area contributed by atoms with Crippen LogP contribution >= 0.6 is 0 Å². The molecule has 0 radical (unpaired) electrons. The highest BCUT2D eigenvalue weighted by molar-refractivity contribution is 5.81. The largest absolute Gasteiger partial charge is 0.459 e. The Morgan fingerprint density at radius 1 is 1.19 bits per heavy atom. The molecule has 3 aromatic rings. The number of hydrogen-bond acceptors (Lipinski definition) is 9. The van der Waals surface area contributed by atoms with Crippen molar-refractivity contribution in [2.45, 2.75) is 31.1 Å². The van der Waals surface area contributed by atoms with Gasteiger partial charge < -0.3 is 25.4 Å². The zero-order valence-corrected chi connectivity index (χ0v) is 14.0. The summed E-state index contributed by atoms with van der Waals surface area (Å²) in [6, 6.07) is 9.10. The fraction of sp³-hybridized carbons (Fsp3) is 0.294. The molecule has 1 fully saturated rings. The topological polar surface area (TPSA) is 146 Å². The second kappa shape index (κ2) is 6.91. The van der Waals surface area contributed by atoms with Crippen molar-refractivity contribution in [2.24, 2.45) is 0 Å². The van der Waals surface area contributed by atoms with E-state index in [1.165, 1.54) is 17.2 Å². The number of hydrogen-bond donors (Lipinski definition) is 3. The summed E-state index contributed by atoms with van der Waals surface area (Å²) < 4.78 is 12.2. The molecule has 4 rings (SSSR count). The number of imidazole rings is 1. The van der Waals surface area contributed by atoms with E-state index in [0.29, 0.717) is 11.2 Å². The second-order valence-corrected chi connectivity index (χ2v) is 6.10. The van der Waals surface area contributed by atoms with Gasteiger partial charge in [0.2, 0.25) is 0 Å². The number of fused-ring (bicyclic) bond motifs is 1. The van der Waals surface area contributed by atoms with E-state index in [4.69, 9.17) is 15.2 Å². The highest BCUT2D eigenvalue weighted by Gasteiger charge is 2.48. The van der Waals surface area contributed by atoms with Gasteiger partial charge in [0.25, 0.3) is 0 Å². The molecular formula is C17H17N5O5. The van der Waals surface area contributed by atoms with Crippen molar-refractivity contribution in [3.63, 3.8) is 0 Å². The van der Waals surface area contributed by atoms with E-state index in [2.05, 4.69) is 15.0 Å². The molecule has 0 bridgehead atoms. The lowest BCUT2D eigenvalue weighted by Gasteiger charge is -2.16. The van der Waals surface area contributed by atoms with Gasteiger partial charge in [0, 0.05) is 0 Å². The number of aromatic nitrogens is 4. The number of benzene rings is 1. The van der Waals surface area contributed by atoms with Gasteiger partial charge in [-0.05, 0) is 5.56 Å². The van der Waals surface area contributed by atoms with Crippen molar-refractivity contribution in [3.8, 4) is 0 Å². The van der Waals surface area contributed by atoms with Crippen molar-refractivity contribution in [1.82, 2.24) is 19.5 Å². The molecule has 0 aliphatic carbocycles. The number of carbonyl (C=O) groups is 1. The van der Waals surface area contributed by atoms with E-state index >= 15 is 0 Å². The minimum absolute atomic E-state index is 0.0325. The Hall–Kier alpha value is -3.08. The zero-order chi connectivity index (χ0) is 19.0. The number of nitrogens with two attached hydrogens (primary N) is 1. The number of aliphatic hydroxyl groups excluding tert-OH is 2. The minimum atomic E-state index is -1.46. The second-order valence-electron chi connectivity index (χ2n) is 6.10. The van der Waals surface area contributed by atoms with Crippen LogP contribution in [0.15, 0.2) is 43.0 Å². The molecule has 1 aromatic carbocycles. The summed E-state index contributed by atoms with van der Waals surface area (Å²) in [7, 11) is 0. The molecule has 0 spiro atoms. The average Bonchev–Trinajstić information content (AvgIpc) is 3.23. The highest BCUT2D eigenvalue weighted by Crippen LogP contribution is 2.32. The number of rotatable bonds is 4. The molecule has 1 aliphatic heterocycles. The smallest absolute Gasteiger partial charge is 0.338 e. The van der Waals surface area contributed by atoms with E-state index in [0.717, 1.165) is 5.56 Å². The number of nitrogen functional groups attached to an aromatic ring is 1. The van der Waals surface area contributed by atoms with Crippen molar-refractivity contribution in [2.75, 3.05) is 5.73 Å². The first-order valence-electron chi connectivity index (χ1n) is 8.21. The molecule has 4 atom stereocenters. The number of esters is 1. The molecule has 0 amide bonds. The third-order valence-corrected chi connectivity index (χ3v) is 4.36. The highest BCUT2D eigenvalue weighted by atomic mass is 16.6. The quantitative estimate of drug-likeness (QED) is 0.529. The number of aliphatic hydroxyl groups is 2. The maximum absolute atomic E-state index is 12.3. The van der Waals surface area contributed by atoms with Crippen molar-refractivity contribution >= 4 is 23.0 Å². The van der Waals surface area contributed by atoms with Crippen LogP contribution in [0.4, 0.5) is 5.82 Å². The SMILES string of the molecule is Nc1ncnc2c1ncn2C1OC(C(=O)OCc2ccccc2)C(O)C1O. The lowest BCUT2D eigenvalue weighted by Crippen LogP contribution is -2.37. The summed E-state index contributed by atoms with van der Waals surface area (Å²) in [5.74, 6) is -0.600. The van der Waals surface area contributed by atoms with Crippen LogP contribution in [0, 0.1) is 0 Å². The third kappa shape index (κ3) is 3.10. The van der Waals surface area contributed by atoms with Crippen LogP contribution in [0.25, 0.3) is 11.2 Å². The predicted molar refractivity (Wildman–Crippen MR) is 91.9 cm³/mol. The molecule has 4 N–H and O–H groups in total. The zero-order valence-electron chi connectivity index (χ0n) is 14.0. The predicted octanol–water partition coefficient (Wildman–Crippen LogP) is -0.229. The number of carbonyl (C=O) groups excluding carboxylic acids is 1. The Labute approximate surface area is 153 Å². The number of nitrogens with zero attached hydrogens (tertiary/aromatic N) is 4. The molecule has 27 heavy (non-hydrogen) atoms. The van der Waals surface area contributed by atoms with Gasteiger partial charge >= 0.3 is 5.97 Å². The van der Waals surface area contributed by atoms with Gasteiger partial charge in [0.05, 0.1) is 6.33 Å². The summed E-state index contributed by atoms with van der Waals surface area (Å²) >= 11 is 0. The van der Waals surface area contributed by atoms with Crippen LogP contribution in [-0.4, -0.2) is 54.0 Å². The molecule has 10 heteroatoms. The first-order chi connectivity index (χ1) is 13.1. The molecule has 10 nitrogen and oxygen atoms in total. The number of anilines is 1. The molecule has 4 unspecified atom stereocenters. The van der Waals surface area contributed by atoms with Crippen molar-refractivity contribution < 1.29 is 24.5 Å². The van der Waals surface area contributed by atoms with Crippen LogP contribution in [-0.2, 0) is 20.9 Å². The van der Waals surface area contributed by atoms with Gasteiger partial charge in [0.15, 0.2) is 23.8 Å². The molecule has 2 aromatic heterocycles. The van der Waals surface area contributed by atoms with Crippen LogP contribution in [0.3, 0.4) is 0 Å². The van der Waals surface area contributed by atoms with Gasteiger partial charge in [-0.3, -0.25) is 4.57 Å². The van der Waals surface area contributed by atoms with E-state index in [1.54, 1.807) is 12.1 Å². The maximum atomic E-state index is 12.3. The Kier molecular flexibility index (Phi) is 4.44. The Balaban J connectivity index is 1.52. The first kappa shape index (κ1) is 17.3. The van der Waals surface area contributed by atoms with Crippen LogP contribution < -0.4 is 5.73 Å². The fourth-order valence-electron chi connectivity index (χ4n) is 2.95. The van der Waals surface area contributed by atoms with Crippen LogP contribution in [0.1, 0.15) is 11.8 Å². The molecule has 1 saturated heterocycles. The first-order valence-corrected chi connectivity index (χ1v) is 8.21. The standard InChI is InChI=1S/C17H17N5O5/c18-14-10-15(20-7-19-14)22(8-21-10)16-12(24)11(23)13(27-16)17(25)26-6-9-4-2-1-3-5-9/h1-5,7-8,11-13,16,23-24H,6H2,(H2,18,19,20). The number of ether oxygens (including phenoxy) is 2.